The van der Waals surface area contributed by atoms with Crippen LogP contribution in [0.2, 0.25) is 0 Å². The molecule has 84 valence electrons. The Morgan fingerprint density at radius 3 is 2.44 bits per heavy atom. The molecule has 4 nitrogen and oxygen atoms in total. The SMILES string of the molecule is CC(=O)C(=O)NC(C=O)Cc1ccccc1. The molecule has 1 unspecified atom stereocenters. The minimum Gasteiger partial charge on any atom is -0.340 e. The first-order chi connectivity index (χ1) is 7.63. The Kier molecular flexibility index (Phi) is 4.39. The number of ketones is 1. The first-order valence-corrected chi connectivity index (χ1v) is 4.94. The van der Waals surface area contributed by atoms with E-state index in [1.807, 2.05) is 30.3 Å². The monoisotopic (exact) mass is 219 g/mol. The van der Waals surface area contributed by atoms with E-state index < -0.39 is 17.7 Å². The minimum absolute atomic E-state index is 0.392. The maximum absolute atomic E-state index is 11.1. The Morgan fingerprint density at radius 2 is 1.94 bits per heavy atom. The zero-order valence-corrected chi connectivity index (χ0v) is 8.97. The topological polar surface area (TPSA) is 63.2 Å². The summed E-state index contributed by atoms with van der Waals surface area (Å²) < 4.78 is 0. The molecular formula is C12H13NO3. The van der Waals surface area contributed by atoms with E-state index in [4.69, 9.17) is 0 Å². The number of rotatable bonds is 5. The van der Waals surface area contributed by atoms with Gasteiger partial charge in [-0.25, -0.2) is 0 Å². The lowest BCUT2D eigenvalue weighted by Gasteiger charge is -2.11. The van der Waals surface area contributed by atoms with Crippen molar-refractivity contribution in [2.24, 2.45) is 0 Å². The van der Waals surface area contributed by atoms with Gasteiger partial charge in [-0.15, -0.1) is 0 Å². The maximum Gasteiger partial charge on any atom is 0.287 e. The highest BCUT2D eigenvalue weighted by molar-refractivity contribution is 6.35. The van der Waals surface area contributed by atoms with Gasteiger partial charge in [0.05, 0.1) is 6.04 Å². The second-order valence-corrected chi connectivity index (χ2v) is 3.46. The molecule has 1 rings (SSSR count). The van der Waals surface area contributed by atoms with E-state index in [9.17, 15) is 14.4 Å². The number of Topliss-reactive ketones (excluding diaryl/α,β-unsaturated/α-hetero) is 1. The van der Waals surface area contributed by atoms with Crippen molar-refractivity contribution >= 4 is 18.0 Å². The van der Waals surface area contributed by atoms with Gasteiger partial charge in [0.15, 0.2) is 0 Å². The van der Waals surface area contributed by atoms with E-state index in [0.29, 0.717) is 12.7 Å². The maximum atomic E-state index is 11.1. The fourth-order valence-electron chi connectivity index (χ4n) is 1.27. The Labute approximate surface area is 93.7 Å². The summed E-state index contributed by atoms with van der Waals surface area (Å²) in [5.74, 6) is -1.33. The molecule has 0 aliphatic heterocycles. The summed E-state index contributed by atoms with van der Waals surface area (Å²) in [6.07, 6.45) is 1.02. The van der Waals surface area contributed by atoms with Crippen LogP contribution in [0.4, 0.5) is 0 Å². The number of aldehydes is 1. The van der Waals surface area contributed by atoms with E-state index in [2.05, 4.69) is 5.32 Å². The first kappa shape index (κ1) is 12.1. The zero-order chi connectivity index (χ0) is 12.0. The molecule has 0 aliphatic rings. The summed E-state index contributed by atoms with van der Waals surface area (Å²) in [5.41, 5.74) is 0.934. The Hall–Kier alpha value is -1.97. The molecular weight excluding hydrogens is 206 g/mol. The van der Waals surface area contributed by atoms with Crippen molar-refractivity contribution < 1.29 is 14.4 Å². The average molecular weight is 219 g/mol. The summed E-state index contributed by atoms with van der Waals surface area (Å²) in [4.78, 5) is 32.5. The van der Waals surface area contributed by atoms with E-state index in [0.717, 1.165) is 5.56 Å². The van der Waals surface area contributed by atoms with Crippen LogP contribution < -0.4 is 5.32 Å². The molecule has 1 N–H and O–H groups in total. The average Bonchev–Trinajstić information content (AvgIpc) is 2.29. The summed E-state index contributed by atoms with van der Waals surface area (Å²) in [5, 5.41) is 2.36. The molecule has 0 heterocycles. The van der Waals surface area contributed by atoms with Gasteiger partial charge in [-0.1, -0.05) is 30.3 Å². The van der Waals surface area contributed by atoms with Crippen molar-refractivity contribution in [2.75, 3.05) is 0 Å². The molecule has 0 aliphatic carbocycles. The highest BCUT2D eigenvalue weighted by Gasteiger charge is 2.14. The minimum atomic E-state index is -0.729. The van der Waals surface area contributed by atoms with Crippen molar-refractivity contribution in [3.05, 3.63) is 35.9 Å². The van der Waals surface area contributed by atoms with Crippen molar-refractivity contribution in [1.82, 2.24) is 5.32 Å². The first-order valence-electron chi connectivity index (χ1n) is 4.94. The number of hydrogen-bond donors (Lipinski definition) is 1. The van der Waals surface area contributed by atoms with Gasteiger partial charge < -0.3 is 10.1 Å². The van der Waals surface area contributed by atoms with Gasteiger partial charge in [0.25, 0.3) is 5.91 Å². The zero-order valence-electron chi connectivity index (χ0n) is 8.97. The van der Waals surface area contributed by atoms with Crippen LogP contribution in [-0.4, -0.2) is 24.0 Å². The second kappa shape index (κ2) is 5.80. The van der Waals surface area contributed by atoms with Crippen LogP contribution in [0.25, 0.3) is 0 Å². The van der Waals surface area contributed by atoms with E-state index in [1.165, 1.54) is 6.92 Å². The van der Waals surface area contributed by atoms with E-state index in [-0.39, 0.29) is 0 Å². The normalized spacial score (nSPS) is 11.6. The van der Waals surface area contributed by atoms with Crippen LogP contribution in [-0.2, 0) is 20.8 Å². The number of hydrogen-bond acceptors (Lipinski definition) is 3. The van der Waals surface area contributed by atoms with Crippen molar-refractivity contribution in [3.8, 4) is 0 Å². The Bertz CT molecular complexity index is 387. The van der Waals surface area contributed by atoms with Gasteiger partial charge in [-0.3, -0.25) is 9.59 Å². The van der Waals surface area contributed by atoms with E-state index in [1.54, 1.807) is 0 Å². The molecule has 0 aromatic heterocycles. The van der Waals surface area contributed by atoms with Crippen LogP contribution in [0.15, 0.2) is 30.3 Å². The predicted molar refractivity (Wildman–Crippen MR) is 58.8 cm³/mol. The molecule has 4 heteroatoms. The van der Waals surface area contributed by atoms with Gasteiger partial charge in [-0.05, 0) is 12.0 Å². The van der Waals surface area contributed by atoms with Gasteiger partial charge in [0, 0.05) is 6.92 Å². The molecule has 1 amide bonds. The third kappa shape index (κ3) is 3.65. The third-order valence-corrected chi connectivity index (χ3v) is 2.10. The number of carbonyl (C=O) groups is 3. The van der Waals surface area contributed by atoms with Gasteiger partial charge >= 0.3 is 0 Å². The predicted octanol–water partition coefficient (Wildman–Crippen LogP) is 0.502. The molecule has 1 atom stereocenters. The summed E-state index contributed by atoms with van der Waals surface area (Å²) in [7, 11) is 0. The van der Waals surface area contributed by atoms with Crippen molar-refractivity contribution in [2.45, 2.75) is 19.4 Å². The molecule has 0 saturated carbocycles. The quantitative estimate of drug-likeness (QED) is 0.579. The second-order valence-electron chi connectivity index (χ2n) is 3.46. The van der Waals surface area contributed by atoms with Crippen LogP contribution >= 0.6 is 0 Å². The third-order valence-electron chi connectivity index (χ3n) is 2.10. The van der Waals surface area contributed by atoms with Crippen molar-refractivity contribution in [3.63, 3.8) is 0 Å². The van der Waals surface area contributed by atoms with E-state index >= 15 is 0 Å². The van der Waals surface area contributed by atoms with Crippen LogP contribution in [0.3, 0.4) is 0 Å². The molecule has 1 aromatic carbocycles. The molecule has 0 bridgehead atoms. The standard InChI is InChI=1S/C12H13NO3/c1-9(15)12(16)13-11(8-14)7-10-5-3-2-4-6-10/h2-6,8,11H,7H2,1H3,(H,13,16). The molecule has 0 fully saturated rings. The Morgan fingerprint density at radius 1 is 1.31 bits per heavy atom. The summed E-state index contributed by atoms with van der Waals surface area (Å²) >= 11 is 0. The van der Waals surface area contributed by atoms with Gasteiger partial charge in [-0.2, -0.15) is 0 Å². The molecule has 16 heavy (non-hydrogen) atoms. The summed E-state index contributed by atoms with van der Waals surface area (Å²) in [6, 6.07) is 8.63. The number of nitrogens with one attached hydrogen (secondary N) is 1. The van der Waals surface area contributed by atoms with Gasteiger partial charge in [0.1, 0.15) is 6.29 Å². The van der Waals surface area contributed by atoms with Crippen molar-refractivity contribution in [1.29, 1.82) is 0 Å². The smallest absolute Gasteiger partial charge is 0.287 e. The van der Waals surface area contributed by atoms with Crippen LogP contribution in [0.5, 0.6) is 0 Å². The largest absolute Gasteiger partial charge is 0.340 e. The highest BCUT2D eigenvalue weighted by atomic mass is 16.2. The lowest BCUT2D eigenvalue weighted by molar-refractivity contribution is -0.137. The van der Waals surface area contributed by atoms with Crippen LogP contribution in [0, 0.1) is 0 Å². The number of carbonyl (C=O) groups excluding carboxylic acids is 3. The fourth-order valence-corrected chi connectivity index (χ4v) is 1.27. The molecule has 0 radical (unpaired) electrons. The molecule has 0 saturated heterocycles. The fraction of sp³-hybridized carbons (Fsp3) is 0.250. The molecule has 1 aromatic rings. The lowest BCUT2D eigenvalue weighted by atomic mass is 10.1. The van der Waals surface area contributed by atoms with Crippen LogP contribution in [0.1, 0.15) is 12.5 Å². The molecule has 0 spiro atoms. The lowest BCUT2D eigenvalue weighted by Crippen LogP contribution is -2.40. The highest BCUT2D eigenvalue weighted by Crippen LogP contribution is 2.01. The van der Waals surface area contributed by atoms with Gasteiger partial charge in [0.2, 0.25) is 5.78 Å². The number of benzene rings is 1. The summed E-state index contributed by atoms with van der Waals surface area (Å²) in [6.45, 7) is 1.17. The number of amides is 1. The Balaban J connectivity index is 2.60.